The van der Waals surface area contributed by atoms with Gasteiger partial charge in [-0.25, -0.2) is 0 Å². The van der Waals surface area contributed by atoms with Crippen LogP contribution in [0.1, 0.15) is 25.3 Å². The summed E-state index contributed by atoms with van der Waals surface area (Å²) in [6.07, 6.45) is 0. The summed E-state index contributed by atoms with van der Waals surface area (Å²) in [5.74, 6) is 1.02. The zero-order chi connectivity index (χ0) is 13.1. The molecule has 0 amide bonds. The summed E-state index contributed by atoms with van der Waals surface area (Å²) in [5, 5.41) is 11.9. The van der Waals surface area contributed by atoms with Crippen LogP contribution in [0.3, 0.4) is 0 Å². The van der Waals surface area contributed by atoms with Gasteiger partial charge in [-0.2, -0.15) is 0 Å². The van der Waals surface area contributed by atoms with Crippen LogP contribution >= 0.6 is 11.6 Å². The number of nitrogens with zero attached hydrogens (tertiary/aromatic N) is 2. The molecule has 0 aliphatic rings. The molecule has 1 aromatic carbocycles. The molecule has 96 valence electrons. The fourth-order valence-electron chi connectivity index (χ4n) is 1.52. The minimum absolute atomic E-state index is 0.378. The van der Waals surface area contributed by atoms with Crippen molar-refractivity contribution in [3.63, 3.8) is 0 Å². The molecule has 1 heterocycles. The predicted molar refractivity (Wildman–Crippen MR) is 71.5 cm³/mol. The number of benzene rings is 1. The fraction of sp³-hybridized carbons (Fsp3) is 0.385. The summed E-state index contributed by atoms with van der Waals surface area (Å²) >= 11 is 6.16. The quantitative estimate of drug-likeness (QED) is 0.922. The lowest BCUT2D eigenvalue weighted by Crippen LogP contribution is -2.21. The molecule has 0 fully saturated rings. The number of hydrogen-bond donors (Lipinski definition) is 1. The molecule has 0 spiro atoms. The maximum atomic E-state index is 6.16. The van der Waals surface area contributed by atoms with E-state index >= 15 is 0 Å². The van der Waals surface area contributed by atoms with E-state index in [4.69, 9.17) is 16.0 Å². The van der Waals surface area contributed by atoms with Gasteiger partial charge in [-0.05, 0) is 24.6 Å². The minimum atomic E-state index is 0.378. The maximum absolute atomic E-state index is 6.16. The first-order chi connectivity index (χ1) is 8.56. The van der Waals surface area contributed by atoms with Crippen molar-refractivity contribution >= 4 is 11.6 Å². The zero-order valence-corrected chi connectivity index (χ0v) is 11.5. The van der Waals surface area contributed by atoms with Crippen LogP contribution in [0.2, 0.25) is 5.02 Å². The van der Waals surface area contributed by atoms with E-state index in [2.05, 4.69) is 29.4 Å². The SMILES string of the molecule is Cc1ccc(-c2nnc(CNC(C)C)o2)c(Cl)c1. The van der Waals surface area contributed by atoms with Gasteiger partial charge >= 0.3 is 0 Å². The molecule has 0 aliphatic carbocycles. The van der Waals surface area contributed by atoms with E-state index in [-0.39, 0.29) is 0 Å². The summed E-state index contributed by atoms with van der Waals surface area (Å²) in [4.78, 5) is 0. The number of rotatable bonds is 4. The van der Waals surface area contributed by atoms with E-state index in [0.29, 0.717) is 29.4 Å². The number of aromatic nitrogens is 2. The Bertz CT molecular complexity index is 537. The maximum Gasteiger partial charge on any atom is 0.249 e. The van der Waals surface area contributed by atoms with E-state index in [1.165, 1.54) is 0 Å². The van der Waals surface area contributed by atoms with Crippen molar-refractivity contribution < 1.29 is 4.42 Å². The molecule has 0 atom stereocenters. The van der Waals surface area contributed by atoms with E-state index in [1.807, 2.05) is 25.1 Å². The Morgan fingerprint density at radius 3 is 2.78 bits per heavy atom. The lowest BCUT2D eigenvalue weighted by molar-refractivity contribution is 0.459. The second kappa shape index (κ2) is 5.50. The van der Waals surface area contributed by atoms with Gasteiger partial charge in [0.2, 0.25) is 11.8 Å². The van der Waals surface area contributed by atoms with Crippen LogP contribution in [0.5, 0.6) is 0 Å². The third-order valence-corrected chi connectivity index (χ3v) is 2.80. The first-order valence-corrected chi connectivity index (χ1v) is 6.26. The van der Waals surface area contributed by atoms with Gasteiger partial charge in [0.05, 0.1) is 17.1 Å². The van der Waals surface area contributed by atoms with Crippen molar-refractivity contribution in [2.75, 3.05) is 0 Å². The second-order valence-electron chi connectivity index (χ2n) is 4.52. The summed E-state index contributed by atoms with van der Waals surface area (Å²) in [6.45, 7) is 6.68. The van der Waals surface area contributed by atoms with Gasteiger partial charge in [0, 0.05) is 6.04 Å². The highest BCUT2D eigenvalue weighted by Crippen LogP contribution is 2.27. The second-order valence-corrected chi connectivity index (χ2v) is 4.93. The lowest BCUT2D eigenvalue weighted by atomic mass is 10.1. The smallest absolute Gasteiger partial charge is 0.249 e. The lowest BCUT2D eigenvalue weighted by Gasteiger charge is -2.03. The minimum Gasteiger partial charge on any atom is -0.419 e. The fourth-order valence-corrected chi connectivity index (χ4v) is 1.83. The summed E-state index contributed by atoms with van der Waals surface area (Å²) < 4.78 is 5.57. The van der Waals surface area contributed by atoms with E-state index < -0.39 is 0 Å². The Labute approximate surface area is 111 Å². The normalized spacial score (nSPS) is 11.2. The summed E-state index contributed by atoms with van der Waals surface area (Å²) in [6, 6.07) is 6.12. The highest BCUT2D eigenvalue weighted by molar-refractivity contribution is 6.33. The van der Waals surface area contributed by atoms with Crippen LogP contribution < -0.4 is 5.32 Å². The molecule has 0 radical (unpaired) electrons. The van der Waals surface area contributed by atoms with Gasteiger partial charge in [-0.3, -0.25) is 0 Å². The molecular formula is C13H16ClN3O. The van der Waals surface area contributed by atoms with Gasteiger partial charge in [-0.15, -0.1) is 10.2 Å². The van der Waals surface area contributed by atoms with Crippen LogP contribution in [0.15, 0.2) is 22.6 Å². The largest absolute Gasteiger partial charge is 0.419 e. The van der Waals surface area contributed by atoms with Gasteiger partial charge in [0.15, 0.2) is 0 Å². The number of halogens is 1. The van der Waals surface area contributed by atoms with Crippen molar-refractivity contribution in [2.45, 2.75) is 33.4 Å². The average molecular weight is 266 g/mol. The molecule has 5 heteroatoms. The van der Waals surface area contributed by atoms with Crippen LogP contribution in [0.4, 0.5) is 0 Å². The average Bonchev–Trinajstić information content (AvgIpc) is 2.75. The Morgan fingerprint density at radius 2 is 2.11 bits per heavy atom. The third-order valence-electron chi connectivity index (χ3n) is 2.48. The molecule has 0 aliphatic heterocycles. The topological polar surface area (TPSA) is 51.0 Å². The molecule has 18 heavy (non-hydrogen) atoms. The van der Waals surface area contributed by atoms with E-state index in [0.717, 1.165) is 11.1 Å². The Hall–Kier alpha value is -1.39. The molecule has 0 unspecified atom stereocenters. The first-order valence-electron chi connectivity index (χ1n) is 5.88. The first kappa shape index (κ1) is 13.1. The van der Waals surface area contributed by atoms with Crippen LogP contribution in [0, 0.1) is 6.92 Å². The molecule has 0 saturated carbocycles. The standard InChI is InChI=1S/C13H16ClN3O/c1-8(2)15-7-12-16-17-13(18-12)10-5-4-9(3)6-11(10)14/h4-6,8,15H,7H2,1-3H3. The van der Waals surface area contributed by atoms with Gasteiger partial charge < -0.3 is 9.73 Å². The van der Waals surface area contributed by atoms with Crippen LogP contribution in [0.25, 0.3) is 11.5 Å². The summed E-state index contributed by atoms with van der Waals surface area (Å²) in [5.41, 5.74) is 1.87. The van der Waals surface area contributed by atoms with Crippen LogP contribution in [-0.2, 0) is 6.54 Å². The van der Waals surface area contributed by atoms with E-state index in [1.54, 1.807) is 0 Å². The molecule has 2 rings (SSSR count). The Balaban J connectivity index is 2.18. The summed E-state index contributed by atoms with van der Waals surface area (Å²) in [7, 11) is 0. The molecular weight excluding hydrogens is 250 g/mol. The number of aryl methyl sites for hydroxylation is 1. The molecule has 4 nitrogen and oxygen atoms in total. The molecule has 1 aromatic heterocycles. The van der Waals surface area contributed by atoms with Crippen molar-refractivity contribution in [1.82, 2.24) is 15.5 Å². The van der Waals surface area contributed by atoms with Crippen molar-refractivity contribution in [3.8, 4) is 11.5 Å². The third kappa shape index (κ3) is 3.09. The molecule has 1 N–H and O–H groups in total. The van der Waals surface area contributed by atoms with Gasteiger partial charge in [0.1, 0.15) is 0 Å². The highest BCUT2D eigenvalue weighted by atomic mass is 35.5. The van der Waals surface area contributed by atoms with Crippen molar-refractivity contribution in [3.05, 3.63) is 34.7 Å². The Morgan fingerprint density at radius 1 is 1.33 bits per heavy atom. The monoisotopic (exact) mass is 265 g/mol. The van der Waals surface area contributed by atoms with E-state index in [9.17, 15) is 0 Å². The van der Waals surface area contributed by atoms with Crippen molar-refractivity contribution in [1.29, 1.82) is 0 Å². The van der Waals surface area contributed by atoms with Crippen molar-refractivity contribution in [2.24, 2.45) is 0 Å². The molecule has 2 aromatic rings. The van der Waals surface area contributed by atoms with Gasteiger partial charge in [-0.1, -0.05) is 31.5 Å². The number of hydrogen-bond acceptors (Lipinski definition) is 4. The predicted octanol–water partition coefficient (Wildman–Crippen LogP) is 3.20. The van der Waals surface area contributed by atoms with Gasteiger partial charge in [0.25, 0.3) is 0 Å². The molecule has 0 bridgehead atoms. The highest BCUT2D eigenvalue weighted by Gasteiger charge is 2.11. The van der Waals surface area contributed by atoms with Crippen LogP contribution in [-0.4, -0.2) is 16.2 Å². The Kier molecular flexibility index (Phi) is 3.99. The molecule has 0 saturated heterocycles. The number of nitrogens with one attached hydrogen (secondary N) is 1. The zero-order valence-electron chi connectivity index (χ0n) is 10.7.